The zero-order valence-electron chi connectivity index (χ0n) is 14.2. The van der Waals surface area contributed by atoms with Crippen LogP contribution in [0.15, 0.2) is 12.1 Å². The molecule has 2 fully saturated rings. The SMILES string of the molecule is C[C@]12CCC3c4cc(CC(=O)O)c(O)cc4CCC3C1CCC2O. The second-order valence-electron chi connectivity index (χ2n) is 8.30. The van der Waals surface area contributed by atoms with Crippen LogP contribution in [0.4, 0.5) is 0 Å². The van der Waals surface area contributed by atoms with E-state index in [-0.39, 0.29) is 23.7 Å². The number of carbonyl (C=O) groups is 1. The molecular formula is C20H26O4. The molecule has 2 saturated carbocycles. The average molecular weight is 330 g/mol. The lowest BCUT2D eigenvalue weighted by Gasteiger charge is -2.50. The van der Waals surface area contributed by atoms with Gasteiger partial charge in [-0.05, 0) is 78.9 Å². The first kappa shape index (κ1) is 15.9. The summed E-state index contributed by atoms with van der Waals surface area (Å²) in [5, 5.41) is 29.7. The fourth-order valence-corrected chi connectivity index (χ4v) is 5.93. The van der Waals surface area contributed by atoms with Crippen LogP contribution in [0.1, 0.15) is 61.6 Å². The van der Waals surface area contributed by atoms with Crippen LogP contribution in [0.3, 0.4) is 0 Å². The van der Waals surface area contributed by atoms with E-state index >= 15 is 0 Å². The number of aliphatic carboxylic acids is 1. The van der Waals surface area contributed by atoms with Crippen molar-refractivity contribution in [2.24, 2.45) is 17.3 Å². The quantitative estimate of drug-likeness (QED) is 0.778. The molecule has 130 valence electrons. The van der Waals surface area contributed by atoms with Gasteiger partial charge in [-0.15, -0.1) is 0 Å². The average Bonchev–Trinajstić information content (AvgIpc) is 2.83. The summed E-state index contributed by atoms with van der Waals surface area (Å²) in [5.41, 5.74) is 3.02. The van der Waals surface area contributed by atoms with Crippen molar-refractivity contribution in [1.29, 1.82) is 0 Å². The maximum absolute atomic E-state index is 11.1. The molecule has 0 aliphatic heterocycles. The summed E-state index contributed by atoms with van der Waals surface area (Å²) in [5.74, 6) is 0.802. The van der Waals surface area contributed by atoms with Crippen molar-refractivity contribution >= 4 is 5.97 Å². The van der Waals surface area contributed by atoms with Gasteiger partial charge in [-0.3, -0.25) is 4.79 Å². The van der Waals surface area contributed by atoms with Gasteiger partial charge in [-0.25, -0.2) is 0 Å². The maximum Gasteiger partial charge on any atom is 0.307 e. The molecule has 1 aromatic rings. The lowest BCUT2D eigenvalue weighted by molar-refractivity contribution is -0.136. The third-order valence-corrected chi connectivity index (χ3v) is 7.22. The molecule has 4 heteroatoms. The molecule has 0 heterocycles. The summed E-state index contributed by atoms with van der Waals surface area (Å²) >= 11 is 0. The summed E-state index contributed by atoms with van der Waals surface area (Å²) in [7, 11) is 0. The number of phenols is 1. The van der Waals surface area contributed by atoms with Gasteiger partial charge in [0.2, 0.25) is 0 Å². The van der Waals surface area contributed by atoms with Crippen molar-refractivity contribution in [3.05, 3.63) is 28.8 Å². The van der Waals surface area contributed by atoms with E-state index in [0.29, 0.717) is 23.3 Å². The highest BCUT2D eigenvalue weighted by Crippen LogP contribution is 2.61. The lowest BCUT2D eigenvalue weighted by Crippen LogP contribution is -2.43. The van der Waals surface area contributed by atoms with Gasteiger partial charge in [0.25, 0.3) is 0 Å². The third kappa shape index (κ3) is 2.26. The minimum atomic E-state index is -0.909. The number of phenolic OH excluding ortho intramolecular Hbond substituents is 1. The number of carboxylic acid groups (broad SMARTS) is 1. The Kier molecular flexibility index (Phi) is 3.64. The molecule has 3 aliphatic rings. The van der Waals surface area contributed by atoms with Crippen LogP contribution < -0.4 is 0 Å². The first-order valence-corrected chi connectivity index (χ1v) is 9.14. The smallest absolute Gasteiger partial charge is 0.307 e. The molecule has 0 spiro atoms. The minimum absolute atomic E-state index is 0.0550. The van der Waals surface area contributed by atoms with Gasteiger partial charge in [-0.2, -0.15) is 0 Å². The summed E-state index contributed by atoms with van der Waals surface area (Å²) in [6.07, 6.45) is 5.87. The summed E-state index contributed by atoms with van der Waals surface area (Å²) in [4.78, 5) is 11.1. The van der Waals surface area contributed by atoms with Gasteiger partial charge in [0.05, 0.1) is 12.5 Å². The highest BCUT2D eigenvalue weighted by atomic mass is 16.4. The first-order valence-electron chi connectivity index (χ1n) is 9.14. The topological polar surface area (TPSA) is 77.8 Å². The zero-order chi connectivity index (χ0) is 17.1. The van der Waals surface area contributed by atoms with Crippen molar-refractivity contribution < 1.29 is 20.1 Å². The van der Waals surface area contributed by atoms with E-state index in [1.807, 2.05) is 6.07 Å². The van der Waals surface area contributed by atoms with Crippen LogP contribution >= 0.6 is 0 Å². The number of aliphatic hydroxyl groups excluding tert-OH is 1. The Morgan fingerprint density at radius 1 is 1.25 bits per heavy atom. The second kappa shape index (κ2) is 5.48. The number of aryl methyl sites for hydroxylation is 1. The van der Waals surface area contributed by atoms with Gasteiger partial charge >= 0.3 is 5.97 Å². The van der Waals surface area contributed by atoms with Crippen LogP contribution in [-0.2, 0) is 17.6 Å². The van der Waals surface area contributed by atoms with E-state index in [1.54, 1.807) is 6.07 Å². The number of fused-ring (bicyclic) bond motifs is 5. The molecule has 24 heavy (non-hydrogen) atoms. The van der Waals surface area contributed by atoms with E-state index in [9.17, 15) is 15.0 Å². The van der Waals surface area contributed by atoms with E-state index in [4.69, 9.17) is 5.11 Å². The van der Waals surface area contributed by atoms with E-state index < -0.39 is 5.97 Å². The molecule has 4 unspecified atom stereocenters. The molecule has 0 saturated heterocycles. The van der Waals surface area contributed by atoms with Gasteiger partial charge < -0.3 is 15.3 Å². The normalized spacial score (nSPS) is 37.4. The molecule has 4 rings (SSSR count). The third-order valence-electron chi connectivity index (χ3n) is 7.22. The fraction of sp³-hybridized carbons (Fsp3) is 0.650. The summed E-state index contributed by atoms with van der Waals surface area (Å²) < 4.78 is 0. The number of rotatable bonds is 2. The molecular weight excluding hydrogens is 304 g/mol. The van der Waals surface area contributed by atoms with E-state index in [2.05, 4.69) is 6.92 Å². The Labute approximate surface area is 142 Å². The number of carboxylic acids is 1. The van der Waals surface area contributed by atoms with E-state index in [0.717, 1.165) is 38.5 Å². The van der Waals surface area contributed by atoms with Crippen LogP contribution in [0.5, 0.6) is 5.75 Å². The molecule has 4 nitrogen and oxygen atoms in total. The second-order valence-corrected chi connectivity index (χ2v) is 8.30. The molecule has 1 aromatic carbocycles. The number of benzene rings is 1. The number of hydrogen-bond donors (Lipinski definition) is 3. The van der Waals surface area contributed by atoms with Crippen LogP contribution in [0.25, 0.3) is 0 Å². The van der Waals surface area contributed by atoms with Gasteiger partial charge in [-0.1, -0.05) is 13.0 Å². The monoisotopic (exact) mass is 330 g/mol. The number of hydrogen-bond acceptors (Lipinski definition) is 3. The summed E-state index contributed by atoms with van der Waals surface area (Å²) in [6, 6.07) is 3.74. The lowest BCUT2D eigenvalue weighted by atomic mass is 9.55. The van der Waals surface area contributed by atoms with Crippen LogP contribution in [0, 0.1) is 17.3 Å². The van der Waals surface area contributed by atoms with E-state index in [1.165, 1.54) is 11.1 Å². The molecule has 3 N–H and O–H groups in total. The van der Waals surface area contributed by atoms with Crippen molar-refractivity contribution in [2.45, 2.75) is 63.9 Å². The number of aromatic hydroxyl groups is 1. The Bertz CT molecular complexity index is 682. The molecule has 0 radical (unpaired) electrons. The van der Waals surface area contributed by atoms with Crippen molar-refractivity contribution in [3.8, 4) is 5.75 Å². The van der Waals surface area contributed by atoms with Crippen LogP contribution in [-0.4, -0.2) is 27.4 Å². The van der Waals surface area contributed by atoms with Gasteiger partial charge in [0, 0.05) is 5.56 Å². The Morgan fingerprint density at radius 3 is 2.79 bits per heavy atom. The molecule has 3 aliphatic carbocycles. The minimum Gasteiger partial charge on any atom is -0.508 e. The predicted octanol–water partition coefficient (Wildman–Crippen LogP) is 3.24. The Balaban J connectivity index is 1.70. The maximum atomic E-state index is 11.1. The van der Waals surface area contributed by atoms with Gasteiger partial charge in [0.15, 0.2) is 0 Å². The van der Waals surface area contributed by atoms with Crippen molar-refractivity contribution in [1.82, 2.24) is 0 Å². The predicted molar refractivity (Wildman–Crippen MR) is 90.1 cm³/mol. The standard InChI is InChI=1S/C20H26O4/c1-20-7-6-13-14(16(20)4-5-18(20)22)3-2-11-9-17(21)12(8-15(11)13)10-19(23)24/h8-9,13-14,16,18,21-22H,2-7,10H2,1H3,(H,23,24)/t13?,14?,16?,18?,20-/m0/s1. The molecule has 0 bridgehead atoms. The van der Waals surface area contributed by atoms with Crippen LogP contribution in [0.2, 0.25) is 0 Å². The largest absolute Gasteiger partial charge is 0.508 e. The number of aliphatic hydroxyl groups is 1. The fourth-order valence-electron chi connectivity index (χ4n) is 5.93. The molecule has 0 amide bonds. The highest BCUT2D eigenvalue weighted by molar-refractivity contribution is 5.71. The van der Waals surface area contributed by atoms with Gasteiger partial charge in [0.1, 0.15) is 5.75 Å². The summed E-state index contributed by atoms with van der Waals surface area (Å²) in [6.45, 7) is 2.26. The van der Waals surface area contributed by atoms with Crippen molar-refractivity contribution in [2.75, 3.05) is 0 Å². The first-order chi connectivity index (χ1) is 11.4. The molecule has 0 aromatic heterocycles. The van der Waals surface area contributed by atoms with Crippen molar-refractivity contribution in [3.63, 3.8) is 0 Å². The Morgan fingerprint density at radius 2 is 2.04 bits per heavy atom. The highest BCUT2D eigenvalue weighted by Gasteiger charge is 2.54. The molecule has 5 atom stereocenters. The zero-order valence-corrected chi connectivity index (χ0v) is 14.2. The Hall–Kier alpha value is -1.55.